The smallest absolute Gasteiger partial charge is 0.306 e. The molecule has 0 bridgehead atoms. The summed E-state index contributed by atoms with van der Waals surface area (Å²) < 4.78 is 1.52. The lowest BCUT2D eigenvalue weighted by Gasteiger charge is -2.01. The molecule has 0 aliphatic carbocycles. The molecule has 9 heteroatoms. The fourth-order valence-electron chi connectivity index (χ4n) is 2.01. The average molecular weight is 330 g/mol. The van der Waals surface area contributed by atoms with Gasteiger partial charge < -0.3 is 5.32 Å². The van der Waals surface area contributed by atoms with E-state index in [0.29, 0.717) is 13.1 Å². The third-order valence-electron chi connectivity index (χ3n) is 3.11. The van der Waals surface area contributed by atoms with Gasteiger partial charge >= 0.3 is 5.69 Å². The van der Waals surface area contributed by atoms with Crippen molar-refractivity contribution >= 4 is 22.2 Å². The molecule has 0 saturated carbocycles. The summed E-state index contributed by atoms with van der Waals surface area (Å²) in [5, 5.41) is 27.6. The van der Waals surface area contributed by atoms with Crippen LogP contribution in [0, 0.1) is 10.1 Å². The Morgan fingerprint density at radius 3 is 2.83 bits per heavy atom. The van der Waals surface area contributed by atoms with Gasteiger partial charge in [0.1, 0.15) is 17.4 Å². The highest BCUT2D eigenvalue weighted by molar-refractivity contribution is 7.15. The first-order chi connectivity index (χ1) is 11.2. The molecule has 3 aromatic rings. The molecule has 1 N–H and O–H groups in total. The summed E-state index contributed by atoms with van der Waals surface area (Å²) in [7, 11) is 0. The molecule has 1 aromatic carbocycles. The predicted molar refractivity (Wildman–Crippen MR) is 86.5 cm³/mol. The SMILES string of the molecule is O=[N+]([O-])c1cnn(CCNc2nnc(Cc3ccccc3)s2)c1. The van der Waals surface area contributed by atoms with Gasteiger partial charge in [-0.1, -0.05) is 41.7 Å². The lowest BCUT2D eigenvalue weighted by molar-refractivity contribution is -0.385. The number of hydrogen-bond acceptors (Lipinski definition) is 7. The van der Waals surface area contributed by atoms with Crippen molar-refractivity contribution < 1.29 is 4.92 Å². The molecular formula is C14H14N6O2S. The van der Waals surface area contributed by atoms with Crippen molar-refractivity contribution in [3.63, 3.8) is 0 Å². The van der Waals surface area contributed by atoms with E-state index in [9.17, 15) is 10.1 Å². The third kappa shape index (κ3) is 4.10. The number of benzene rings is 1. The molecule has 8 nitrogen and oxygen atoms in total. The number of hydrogen-bond donors (Lipinski definition) is 1. The fourth-order valence-corrected chi connectivity index (χ4v) is 2.81. The largest absolute Gasteiger partial charge is 0.358 e. The molecule has 0 atom stereocenters. The molecule has 0 unspecified atom stereocenters. The van der Waals surface area contributed by atoms with Gasteiger partial charge in [-0.05, 0) is 5.56 Å². The zero-order valence-electron chi connectivity index (χ0n) is 12.1. The first-order valence-corrected chi connectivity index (χ1v) is 7.79. The first kappa shape index (κ1) is 15.1. The monoisotopic (exact) mass is 330 g/mol. The van der Waals surface area contributed by atoms with E-state index in [-0.39, 0.29) is 5.69 Å². The van der Waals surface area contributed by atoms with Crippen molar-refractivity contribution in [1.29, 1.82) is 0 Å². The van der Waals surface area contributed by atoms with Crippen LogP contribution in [-0.4, -0.2) is 31.4 Å². The van der Waals surface area contributed by atoms with Gasteiger partial charge in [-0.25, -0.2) is 0 Å². The number of nitro groups is 1. The summed E-state index contributed by atoms with van der Waals surface area (Å²) in [6.07, 6.45) is 3.40. The standard InChI is InChI=1S/C14H14N6O2S/c21-20(22)12-9-16-19(10-12)7-6-15-14-18-17-13(23-14)8-11-4-2-1-3-5-11/h1-5,9-10H,6-8H2,(H,15,18). The average Bonchev–Trinajstić information content (AvgIpc) is 3.18. The molecule has 3 rings (SSSR count). The summed E-state index contributed by atoms with van der Waals surface area (Å²) >= 11 is 1.50. The summed E-state index contributed by atoms with van der Waals surface area (Å²) in [5.41, 5.74) is 1.19. The topological polar surface area (TPSA) is 98.8 Å². The van der Waals surface area contributed by atoms with Gasteiger partial charge in [0.05, 0.1) is 11.5 Å². The number of rotatable bonds is 7. The summed E-state index contributed by atoms with van der Waals surface area (Å²) in [6.45, 7) is 1.08. The van der Waals surface area contributed by atoms with E-state index in [4.69, 9.17) is 0 Å². The first-order valence-electron chi connectivity index (χ1n) is 6.98. The van der Waals surface area contributed by atoms with Gasteiger partial charge in [0.15, 0.2) is 0 Å². The highest BCUT2D eigenvalue weighted by Crippen LogP contribution is 2.18. The minimum atomic E-state index is -0.461. The van der Waals surface area contributed by atoms with Crippen molar-refractivity contribution in [1.82, 2.24) is 20.0 Å². The van der Waals surface area contributed by atoms with Crippen molar-refractivity contribution in [3.8, 4) is 0 Å². The normalized spacial score (nSPS) is 10.6. The van der Waals surface area contributed by atoms with Gasteiger partial charge in [0.2, 0.25) is 5.13 Å². The third-order valence-corrected chi connectivity index (χ3v) is 3.99. The second-order valence-electron chi connectivity index (χ2n) is 4.81. The van der Waals surface area contributed by atoms with Crippen LogP contribution in [0.15, 0.2) is 42.7 Å². The van der Waals surface area contributed by atoms with Crippen LogP contribution in [0.5, 0.6) is 0 Å². The van der Waals surface area contributed by atoms with Gasteiger partial charge in [0, 0.05) is 13.0 Å². The Morgan fingerprint density at radius 1 is 1.26 bits per heavy atom. The van der Waals surface area contributed by atoms with Crippen LogP contribution >= 0.6 is 11.3 Å². The minimum absolute atomic E-state index is 0.00828. The molecule has 0 spiro atoms. The van der Waals surface area contributed by atoms with E-state index in [1.807, 2.05) is 18.2 Å². The van der Waals surface area contributed by atoms with Crippen molar-refractivity contribution in [2.24, 2.45) is 0 Å². The Balaban J connectivity index is 1.50. The minimum Gasteiger partial charge on any atom is -0.358 e. The fraction of sp³-hybridized carbons (Fsp3) is 0.214. The second-order valence-corrected chi connectivity index (χ2v) is 5.87. The van der Waals surface area contributed by atoms with E-state index >= 15 is 0 Å². The maximum Gasteiger partial charge on any atom is 0.306 e. The second kappa shape index (κ2) is 6.97. The molecule has 0 aliphatic rings. The van der Waals surface area contributed by atoms with E-state index in [1.165, 1.54) is 34.0 Å². The van der Waals surface area contributed by atoms with Crippen LogP contribution in [-0.2, 0) is 13.0 Å². The predicted octanol–water partition coefficient (Wildman–Crippen LogP) is 2.35. The zero-order chi connectivity index (χ0) is 16.1. The van der Waals surface area contributed by atoms with Gasteiger partial charge in [-0.2, -0.15) is 5.10 Å². The summed E-state index contributed by atoms with van der Waals surface area (Å²) in [4.78, 5) is 10.1. The Kier molecular flexibility index (Phi) is 4.57. The molecule has 118 valence electrons. The van der Waals surface area contributed by atoms with E-state index in [1.54, 1.807) is 0 Å². The molecule has 2 heterocycles. The molecule has 2 aromatic heterocycles. The van der Waals surface area contributed by atoms with Crippen LogP contribution in [0.3, 0.4) is 0 Å². The van der Waals surface area contributed by atoms with Crippen LogP contribution in [0.25, 0.3) is 0 Å². The van der Waals surface area contributed by atoms with Crippen LogP contribution in [0.4, 0.5) is 10.8 Å². The Labute approximate surface area is 135 Å². The number of aromatic nitrogens is 4. The highest BCUT2D eigenvalue weighted by Gasteiger charge is 2.09. The lowest BCUT2D eigenvalue weighted by atomic mass is 10.2. The maximum atomic E-state index is 10.6. The molecule has 0 fully saturated rings. The van der Waals surface area contributed by atoms with E-state index in [0.717, 1.165) is 16.6 Å². The van der Waals surface area contributed by atoms with Crippen LogP contribution < -0.4 is 5.32 Å². The molecule has 0 amide bonds. The molecular weight excluding hydrogens is 316 g/mol. The van der Waals surface area contributed by atoms with E-state index < -0.39 is 4.92 Å². The maximum absolute atomic E-state index is 10.6. The lowest BCUT2D eigenvalue weighted by Crippen LogP contribution is -2.10. The Morgan fingerprint density at radius 2 is 2.09 bits per heavy atom. The molecule has 0 radical (unpaired) electrons. The van der Waals surface area contributed by atoms with Crippen LogP contribution in [0.1, 0.15) is 10.6 Å². The van der Waals surface area contributed by atoms with Gasteiger partial charge in [-0.15, -0.1) is 10.2 Å². The van der Waals surface area contributed by atoms with Gasteiger partial charge in [-0.3, -0.25) is 14.8 Å². The Hall–Kier alpha value is -2.81. The highest BCUT2D eigenvalue weighted by atomic mass is 32.1. The number of nitrogens with one attached hydrogen (secondary N) is 1. The zero-order valence-corrected chi connectivity index (χ0v) is 12.9. The molecule has 23 heavy (non-hydrogen) atoms. The Bertz CT molecular complexity index is 785. The quantitative estimate of drug-likeness (QED) is 0.527. The van der Waals surface area contributed by atoms with Crippen molar-refractivity contribution in [3.05, 3.63) is 63.4 Å². The number of nitrogens with zero attached hydrogens (tertiary/aromatic N) is 5. The van der Waals surface area contributed by atoms with E-state index in [2.05, 4.69) is 32.7 Å². The molecule has 0 saturated heterocycles. The van der Waals surface area contributed by atoms with Crippen LogP contribution in [0.2, 0.25) is 0 Å². The number of anilines is 1. The van der Waals surface area contributed by atoms with Gasteiger partial charge in [0.25, 0.3) is 0 Å². The van der Waals surface area contributed by atoms with Crippen molar-refractivity contribution in [2.45, 2.75) is 13.0 Å². The van der Waals surface area contributed by atoms with Crippen molar-refractivity contribution in [2.75, 3.05) is 11.9 Å². The summed E-state index contributed by atoms with van der Waals surface area (Å²) in [6, 6.07) is 10.1. The summed E-state index contributed by atoms with van der Waals surface area (Å²) in [5.74, 6) is 0. The molecule has 0 aliphatic heterocycles.